The molecule has 26 heavy (non-hydrogen) atoms. The first-order valence-corrected chi connectivity index (χ1v) is 7.60. The summed E-state index contributed by atoms with van der Waals surface area (Å²) in [5.74, 6) is -1.92. The molecule has 7 heteroatoms. The summed E-state index contributed by atoms with van der Waals surface area (Å²) in [5.41, 5.74) is 1.35. The standard InChI is InChI=1S/C8H8.C4H11NO2.C4H6O2.C3H4O2/c1-2-8-6-4-3-5-7-8;6-3-1-5-2-4-7;1-3(2)4(5)6;1-2-3(4)5/h2-7H,1H2;5-7H,1-4H2;1H2,2H3,(H,5,6);2H,1H2,(H,4,5). The zero-order valence-corrected chi connectivity index (χ0v) is 15.1. The van der Waals surface area contributed by atoms with Gasteiger partial charge in [0.2, 0.25) is 0 Å². The number of carboxylic acid groups (broad SMARTS) is 2. The smallest absolute Gasteiger partial charge is 0.330 e. The fourth-order valence-corrected chi connectivity index (χ4v) is 0.872. The molecule has 0 saturated carbocycles. The van der Waals surface area contributed by atoms with Crippen LogP contribution in [0.3, 0.4) is 0 Å². The van der Waals surface area contributed by atoms with Crippen molar-refractivity contribution in [3.05, 3.63) is 67.3 Å². The molecule has 1 rings (SSSR count). The molecular formula is C19H29NO6. The zero-order chi connectivity index (χ0) is 20.8. The minimum Gasteiger partial charge on any atom is -0.478 e. The van der Waals surface area contributed by atoms with Crippen LogP contribution in [0, 0.1) is 0 Å². The summed E-state index contributed by atoms with van der Waals surface area (Å²) in [6.07, 6.45) is 2.67. The Morgan fingerprint density at radius 1 is 1.04 bits per heavy atom. The number of hydrogen-bond acceptors (Lipinski definition) is 5. The van der Waals surface area contributed by atoms with E-state index in [4.69, 9.17) is 20.4 Å². The van der Waals surface area contributed by atoms with Gasteiger partial charge in [-0.05, 0) is 12.5 Å². The number of aliphatic hydroxyl groups is 2. The molecule has 0 atom stereocenters. The lowest BCUT2D eigenvalue weighted by atomic mass is 10.2. The lowest BCUT2D eigenvalue weighted by Crippen LogP contribution is -2.21. The van der Waals surface area contributed by atoms with Crippen LogP contribution in [0.25, 0.3) is 6.08 Å². The lowest BCUT2D eigenvalue weighted by molar-refractivity contribution is -0.133. The molecule has 0 aliphatic heterocycles. The lowest BCUT2D eigenvalue weighted by Gasteiger charge is -1.94. The van der Waals surface area contributed by atoms with Gasteiger partial charge in [-0.15, -0.1) is 0 Å². The van der Waals surface area contributed by atoms with Gasteiger partial charge in [-0.3, -0.25) is 0 Å². The molecule has 0 aliphatic rings. The van der Waals surface area contributed by atoms with Crippen molar-refractivity contribution < 1.29 is 30.0 Å². The summed E-state index contributed by atoms with van der Waals surface area (Å²) in [5, 5.41) is 34.6. The third-order valence-electron chi connectivity index (χ3n) is 2.15. The van der Waals surface area contributed by atoms with Crippen molar-refractivity contribution in [2.45, 2.75) is 6.92 Å². The van der Waals surface area contributed by atoms with Crippen LogP contribution in [0.15, 0.2) is 61.7 Å². The molecule has 7 nitrogen and oxygen atoms in total. The maximum atomic E-state index is 9.60. The van der Waals surface area contributed by atoms with Crippen LogP contribution in [0.5, 0.6) is 0 Å². The van der Waals surface area contributed by atoms with Crippen molar-refractivity contribution in [2.75, 3.05) is 26.3 Å². The molecule has 0 unspecified atom stereocenters. The fraction of sp³-hybridized carbons (Fsp3) is 0.263. The van der Waals surface area contributed by atoms with Crippen molar-refractivity contribution in [3.63, 3.8) is 0 Å². The van der Waals surface area contributed by atoms with E-state index in [0.29, 0.717) is 13.1 Å². The first kappa shape index (κ1) is 28.1. The number of aliphatic hydroxyl groups excluding tert-OH is 2. The Balaban J connectivity index is -0.000000276. The third-order valence-corrected chi connectivity index (χ3v) is 2.15. The average Bonchev–Trinajstić information content (AvgIpc) is 2.64. The molecule has 146 valence electrons. The Bertz CT molecular complexity index is 498. The Morgan fingerprint density at radius 3 is 1.62 bits per heavy atom. The number of aliphatic carboxylic acids is 2. The summed E-state index contributed by atoms with van der Waals surface area (Å²) >= 11 is 0. The highest BCUT2D eigenvalue weighted by Gasteiger charge is 1.90. The number of carbonyl (C=O) groups is 2. The quantitative estimate of drug-likeness (QED) is 0.367. The molecule has 0 amide bonds. The Kier molecular flexibility index (Phi) is 24.0. The summed E-state index contributed by atoms with van der Waals surface area (Å²) in [7, 11) is 0. The van der Waals surface area contributed by atoms with Gasteiger partial charge in [0.05, 0.1) is 13.2 Å². The van der Waals surface area contributed by atoms with Gasteiger partial charge in [-0.25, -0.2) is 9.59 Å². The molecule has 0 spiro atoms. The van der Waals surface area contributed by atoms with E-state index in [1.54, 1.807) is 0 Å². The first-order valence-electron chi connectivity index (χ1n) is 7.60. The van der Waals surface area contributed by atoms with Gasteiger partial charge >= 0.3 is 11.9 Å². The highest BCUT2D eigenvalue weighted by molar-refractivity contribution is 5.84. The van der Waals surface area contributed by atoms with Crippen LogP contribution < -0.4 is 5.32 Å². The van der Waals surface area contributed by atoms with Crippen LogP contribution in [-0.4, -0.2) is 58.7 Å². The van der Waals surface area contributed by atoms with Gasteiger partial charge in [0.15, 0.2) is 0 Å². The molecule has 0 heterocycles. The molecule has 5 N–H and O–H groups in total. The van der Waals surface area contributed by atoms with Gasteiger partial charge in [0, 0.05) is 24.7 Å². The van der Waals surface area contributed by atoms with Gasteiger partial charge in [0.1, 0.15) is 0 Å². The molecule has 0 aromatic heterocycles. The van der Waals surface area contributed by atoms with Gasteiger partial charge in [0.25, 0.3) is 0 Å². The van der Waals surface area contributed by atoms with Crippen molar-refractivity contribution in [3.8, 4) is 0 Å². The van der Waals surface area contributed by atoms with E-state index in [9.17, 15) is 9.59 Å². The Labute approximate surface area is 154 Å². The summed E-state index contributed by atoms with van der Waals surface area (Å²) in [6.45, 7) is 12.6. The van der Waals surface area contributed by atoms with Crippen LogP contribution in [0.2, 0.25) is 0 Å². The largest absolute Gasteiger partial charge is 0.478 e. The van der Waals surface area contributed by atoms with Gasteiger partial charge in [-0.2, -0.15) is 0 Å². The molecule has 0 bridgehead atoms. The van der Waals surface area contributed by atoms with Crippen molar-refractivity contribution in [1.82, 2.24) is 5.32 Å². The summed E-state index contributed by atoms with van der Waals surface area (Å²) < 4.78 is 0. The van der Waals surface area contributed by atoms with Gasteiger partial charge < -0.3 is 25.7 Å². The first-order chi connectivity index (χ1) is 12.3. The van der Waals surface area contributed by atoms with E-state index in [2.05, 4.69) is 25.1 Å². The predicted octanol–water partition coefficient (Wildman–Crippen LogP) is 1.79. The third kappa shape index (κ3) is 29.3. The summed E-state index contributed by atoms with van der Waals surface area (Å²) in [6, 6.07) is 10.0. The number of nitrogens with one attached hydrogen (secondary N) is 1. The number of carboxylic acids is 2. The second-order valence-corrected chi connectivity index (χ2v) is 4.44. The minimum absolute atomic E-state index is 0.139. The van der Waals surface area contributed by atoms with Gasteiger partial charge in [-0.1, -0.05) is 56.1 Å². The van der Waals surface area contributed by atoms with Crippen LogP contribution in [-0.2, 0) is 9.59 Å². The second-order valence-electron chi connectivity index (χ2n) is 4.44. The Morgan fingerprint density at radius 2 is 1.42 bits per heavy atom. The van der Waals surface area contributed by atoms with Crippen LogP contribution >= 0.6 is 0 Å². The van der Waals surface area contributed by atoms with Crippen molar-refractivity contribution in [1.29, 1.82) is 0 Å². The molecule has 0 saturated heterocycles. The fourth-order valence-electron chi connectivity index (χ4n) is 0.872. The summed E-state index contributed by atoms with van der Waals surface area (Å²) in [4.78, 5) is 18.8. The molecule has 1 aromatic rings. The normalized spacial score (nSPS) is 8.12. The molecular weight excluding hydrogens is 338 g/mol. The molecule has 0 aliphatic carbocycles. The molecule has 0 fully saturated rings. The highest BCUT2D eigenvalue weighted by Crippen LogP contribution is 1.97. The van der Waals surface area contributed by atoms with E-state index in [0.717, 1.165) is 6.08 Å². The highest BCUT2D eigenvalue weighted by atomic mass is 16.4. The minimum atomic E-state index is -0.981. The van der Waals surface area contributed by atoms with Crippen LogP contribution in [0.4, 0.5) is 0 Å². The maximum absolute atomic E-state index is 9.60. The van der Waals surface area contributed by atoms with Crippen LogP contribution in [0.1, 0.15) is 12.5 Å². The topological polar surface area (TPSA) is 127 Å². The molecule has 1 aromatic carbocycles. The average molecular weight is 367 g/mol. The monoisotopic (exact) mass is 367 g/mol. The number of benzene rings is 1. The van der Waals surface area contributed by atoms with Crippen molar-refractivity contribution in [2.24, 2.45) is 0 Å². The van der Waals surface area contributed by atoms with E-state index >= 15 is 0 Å². The van der Waals surface area contributed by atoms with E-state index in [1.165, 1.54) is 12.5 Å². The Hall–Kier alpha value is -2.74. The van der Waals surface area contributed by atoms with E-state index < -0.39 is 11.9 Å². The van der Waals surface area contributed by atoms with Crippen molar-refractivity contribution >= 4 is 18.0 Å². The number of hydrogen-bond donors (Lipinski definition) is 5. The number of rotatable bonds is 7. The molecule has 0 radical (unpaired) electrons. The van der Waals surface area contributed by atoms with E-state index in [1.807, 2.05) is 36.4 Å². The maximum Gasteiger partial charge on any atom is 0.330 e. The zero-order valence-electron chi connectivity index (χ0n) is 15.1. The predicted molar refractivity (Wildman–Crippen MR) is 104 cm³/mol. The second kappa shape index (κ2) is 22.3. The SMILES string of the molecule is C=C(C)C(=O)O.C=CC(=O)O.C=Cc1ccccc1.OCCNCCO. The van der Waals surface area contributed by atoms with E-state index in [-0.39, 0.29) is 18.8 Å².